The summed E-state index contributed by atoms with van der Waals surface area (Å²) in [5, 5.41) is 4.76. The van der Waals surface area contributed by atoms with E-state index in [4.69, 9.17) is 4.52 Å². The van der Waals surface area contributed by atoms with Gasteiger partial charge in [-0.3, -0.25) is 4.79 Å². The van der Waals surface area contributed by atoms with Crippen LogP contribution in [0.3, 0.4) is 0 Å². The molecule has 1 atom stereocenters. The predicted octanol–water partition coefficient (Wildman–Crippen LogP) is 0.355. The summed E-state index contributed by atoms with van der Waals surface area (Å²) in [7, 11) is -3.39. The number of amides is 1. The smallest absolute Gasteiger partial charge is 0.243 e. The highest BCUT2D eigenvalue weighted by Gasteiger charge is 2.24. The minimum atomic E-state index is -3.39. The maximum absolute atomic E-state index is 11.4. The Balaban J connectivity index is 2.72. The zero-order valence-corrected chi connectivity index (χ0v) is 9.46. The van der Waals surface area contributed by atoms with Gasteiger partial charge in [0.05, 0.1) is 0 Å². The van der Waals surface area contributed by atoms with Crippen molar-refractivity contribution in [3.63, 3.8) is 0 Å². The van der Waals surface area contributed by atoms with Crippen LogP contribution >= 0.6 is 0 Å². The molecule has 0 aliphatic heterocycles. The van der Waals surface area contributed by atoms with Crippen molar-refractivity contribution in [3.8, 4) is 0 Å². The van der Waals surface area contributed by atoms with Crippen molar-refractivity contribution in [3.05, 3.63) is 11.8 Å². The molecule has 1 heterocycles. The minimum absolute atomic E-state index is 0.216. The number of hydrogen-bond donors (Lipinski definition) is 1. The molecular formula is C8H12N2O4S. The summed E-state index contributed by atoms with van der Waals surface area (Å²) in [6.45, 7) is 2.99. The van der Waals surface area contributed by atoms with E-state index in [-0.39, 0.29) is 5.82 Å². The molecule has 0 aliphatic carbocycles. The van der Waals surface area contributed by atoms with Gasteiger partial charge in [0.2, 0.25) is 5.91 Å². The van der Waals surface area contributed by atoms with Crippen LogP contribution in [0.4, 0.5) is 5.82 Å². The Hall–Kier alpha value is -1.37. The van der Waals surface area contributed by atoms with E-state index in [0.717, 1.165) is 6.26 Å². The lowest BCUT2D eigenvalue weighted by Crippen LogP contribution is -2.31. The van der Waals surface area contributed by atoms with Crippen molar-refractivity contribution in [1.29, 1.82) is 0 Å². The fourth-order valence-corrected chi connectivity index (χ4v) is 1.30. The molecule has 1 amide bonds. The van der Waals surface area contributed by atoms with Gasteiger partial charge in [0, 0.05) is 12.3 Å². The summed E-state index contributed by atoms with van der Waals surface area (Å²) in [6.07, 6.45) is 1.01. The van der Waals surface area contributed by atoms with Gasteiger partial charge in [-0.15, -0.1) is 0 Å². The van der Waals surface area contributed by atoms with E-state index >= 15 is 0 Å². The van der Waals surface area contributed by atoms with Gasteiger partial charge < -0.3 is 9.84 Å². The van der Waals surface area contributed by atoms with Crippen LogP contribution < -0.4 is 5.32 Å². The van der Waals surface area contributed by atoms with Gasteiger partial charge in [0.1, 0.15) is 11.0 Å². The normalized spacial score (nSPS) is 13.5. The first kappa shape index (κ1) is 11.7. The third-order valence-corrected chi connectivity index (χ3v) is 3.39. The average Bonchev–Trinajstić information content (AvgIpc) is 2.48. The third kappa shape index (κ3) is 3.05. The second kappa shape index (κ2) is 4.01. The first-order chi connectivity index (χ1) is 6.80. The molecule has 1 aromatic rings. The maximum Gasteiger partial charge on any atom is 0.243 e. The Labute approximate surface area is 87.6 Å². The molecule has 7 heteroatoms. The molecular weight excluding hydrogens is 220 g/mol. The van der Waals surface area contributed by atoms with Gasteiger partial charge in [0.25, 0.3) is 0 Å². The third-order valence-electron chi connectivity index (χ3n) is 1.89. The minimum Gasteiger partial charge on any atom is -0.360 e. The summed E-state index contributed by atoms with van der Waals surface area (Å²) in [5.41, 5.74) is 0. The summed E-state index contributed by atoms with van der Waals surface area (Å²) < 4.78 is 26.8. The lowest BCUT2D eigenvalue weighted by atomic mass is 10.4. The number of carbonyl (C=O) groups excluding carboxylic acids is 1. The van der Waals surface area contributed by atoms with Gasteiger partial charge in [0.15, 0.2) is 15.7 Å². The standard InChI is InChI=1S/C8H12N2O4S/c1-5-4-7(10-14-5)9-8(11)6(2)15(3,12)13/h4,6H,1-3H3,(H,9,10,11)/t6-/m1/s1. The van der Waals surface area contributed by atoms with Crippen molar-refractivity contribution >= 4 is 21.6 Å². The van der Waals surface area contributed by atoms with Gasteiger partial charge >= 0.3 is 0 Å². The van der Waals surface area contributed by atoms with Crippen LogP contribution in [0, 0.1) is 6.92 Å². The molecule has 1 aromatic heterocycles. The summed E-state index contributed by atoms with van der Waals surface area (Å²) in [4.78, 5) is 11.4. The molecule has 0 fully saturated rings. The van der Waals surface area contributed by atoms with E-state index < -0.39 is 21.0 Å². The number of hydrogen-bond acceptors (Lipinski definition) is 5. The molecule has 0 bridgehead atoms. The molecule has 0 spiro atoms. The molecule has 1 N–H and O–H groups in total. The van der Waals surface area contributed by atoms with Crippen molar-refractivity contribution in [2.45, 2.75) is 19.1 Å². The van der Waals surface area contributed by atoms with Gasteiger partial charge in [-0.05, 0) is 13.8 Å². The quantitative estimate of drug-likeness (QED) is 0.812. The van der Waals surface area contributed by atoms with Crippen LogP contribution in [-0.4, -0.2) is 31.0 Å². The van der Waals surface area contributed by atoms with Crippen LogP contribution in [0.25, 0.3) is 0 Å². The Kier molecular flexibility index (Phi) is 3.13. The maximum atomic E-state index is 11.4. The highest BCUT2D eigenvalue weighted by Crippen LogP contribution is 2.09. The van der Waals surface area contributed by atoms with Gasteiger partial charge in [-0.2, -0.15) is 0 Å². The van der Waals surface area contributed by atoms with Crippen LogP contribution in [0.2, 0.25) is 0 Å². The first-order valence-electron chi connectivity index (χ1n) is 4.24. The highest BCUT2D eigenvalue weighted by molar-refractivity contribution is 7.92. The van der Waals surface area contributed by atoms with Gasteiger partial charge in [-0.1, -0.05) is 5.16 Å². The van der Waals surface area contributed by atoms with E-state index in [1.54, 1.807) is 6.92 Å². The monoisotopic (exact) mass is 232 g/mol. The Morgan fingerprint density at radius 2 is 2.20 bits per heavy atom. The Morgan fingerprint density at radius 3 is 2.60 bits per heavy atom. The second-order valence-electron chi connectivity index (χ2n) is 3.28. The van der Waals surface area contributed by atoms with E-state index in [1.807, 2.05) is 0 Å². The number of rotatable bonds is 3. The number of nitrogens with one attached hydrogen (secondary N) is 1. The van der Waals surface area contributed by atoms with Gasteiger partial charge in [-0.25, -0.2) is 8.42 Å². The van der Waals surface area contributed by atoms with Crippen molar-refractivity contribution < 1.29 is 17.7 Å². The molecule has 0 radical (unpaired) electrons. The van der Waals surface area contributed by atoms with Crippen molar-refractivity contribution in [1.82, 2.24) is 5.16 Å². The van der Waals surface area contributed by atoms with Crippen LogP contribution in [-0.2, 0) is 14.6 Å². The fraction of sp³-hybridized carbons (Fsp3) is 0.500. The Morgan fingerprint density at radius 1 is 1.60 bits per heavy atom. The highest BCUT2D eigenvalue weighted by atomic mass is 32.2. The molecule has 0 aliphatic rings. The molecule has 6 nitrogen and oxygen atoms in total. The predicted molar refractivity (Wildman–Crippen MR) is 54.2 cm³/mol. The van der Waals surface area contributed by atoms with E-state index in [9.17, 15) is 13.2 Å². The van der Waals surface area contributed by atoms with E-state index in [1.165, 1.54) is 13.0 Å². The molecule has 0 saturated carbocycles. The van der Waals surface area contributed by atoms with Crippen LogP contribution in [0.15, 0.2) is 10.6 Å². The van der Waals surface area contributed by atoms with Crippen molar-refractivity contribution in [2.24, 2.45) is 0 Å². The molecule has 0 unspecified atom stereocenters. The number of sulfone groups is 1. The van der Waals surface area contributed by atoms with Crippen LogP contribution in [0.5, 0.6) is 0 Å². The van der Waals surface area contributed by atoms with E-state index in [0.29, 0.717) is 5.76 Å². The topological polar surface area (TPSA) is 89.3 Å². The molecule has 1 rings (SSSR count). The zero-order valence-electron chi connectivity index (χ0n) is 8.64. The second-order valence-corrected chi connectivity index (χ2v) is 5.65. The fourth-order valence-electron chi connectivity index (χ4n) is 0.848. The van der Waals surface area contributed by atoms with Crippen molar-refractivity contribution in [2.75, 3.05) is 11.6 Å². The van der Waals surface area contributed by atoms with E-state index in [2.05, 4.69) is 10.5 Å². The average molecular weight is 232 g/mol. The number of aromatic nitrogens is 1. The van der Waals surface area contributed by atoms with Crippen LogP contribution in [0.1, 0.15) is 12.7 Å². The number of anilines is 1. The lowest BCUT2D eigenvalue weighted by molar-refractivity contribution is -0.115. The summed E-state index contributed by atoms with van der Waals surface area (Å²) >= 11 is 0. The number of aryl methyl sites for hydroxylation is 1. The zero-order chi connectivity index (χ0) is 11.6. The lowest BCUT2D eigenvalue weighted by Gasteiger charge is -2.07. The molecule has 15 heavy (non-hydrogen) atoms. The number of carbonyl (C=O) groups is 1. The summed E-state index contributed by atoms with van der Waals surface area (Å²) in [6, 6.07) is 1.51. The molecule has 0 aromatic carbocycles. The molecule has 84 valence electrons. The largest absolute Gasteiger partial charge is 0.360 e. The number of nitrogens with zero attached hydrogens (tertiary/aromatic N) is 1. The first-order valence-corrected chi connectivity index (χ1v) is 6.19. The Bertz CT molecular complexity index is 463. The SMILES string of the molecule is Cc1cc(NC(=O)[C@@H](C)S(C)(=O)=O)no1. The molecule has 0 saturated heterocycles. The summed E-state index contributed by atoms with van der Waals surface area (Å²) in [5.74, 6) is 0.135.